The first-order valence-corrected chi connectivity index (χ1v) is 14.5. The lowest BCUT2D eigenvalue weighted by molar-refractivity contribution is 0.444. The van der Waals surface area contributed by atoms with Crippen LogP contribution >= 0.6 is 34.4 Å². The van der Waals surface area contributed by atoms with Crippen molar-refractivity contribution in [2.75, 3.05) is 0 Å². The molecule has 0 bridgehead atoms. The van der Waals surface area contributed by atoms with Crippen LogP contribution in [0.25, 0.3) is 31.9 Å². The minimum absolute atomic E-state index is 0.274. The van der Waals surface area contributed by atoms with Gasteiger partial charge in [0.1, 0.15) is 11.0 Å². The number of thiophene rings is 2. The highest BCUT2D eigenvalue weighted by molar-refractivity contribution is 7.14. The van der Waals surface area contributed by atoms with E-state index in [0.717, 1.165) is 21.5 Å². The first-order chi connectivity index (χ1) is 16.2. The van der Waals surface area contributed by atoms with Crippen LogP contribution in [0.1, 0.15) is 87.2 Å². The van der Waals surface area contributed by atoms with E-state index >= 15 is 8.78 Å². The van der Waals surface area contributed by atoms with E-state index in [2.05, 4.69) is 31.6 Å². The van der Waals surface area contributed by atoms with E-state index in [4.69, 9.17) is 0 Å². The van der Waals surface area contributed by atoms with Gasteiger partial charge in [0.15, 0.2) is 11.6 Å². The number of hydrogen-bond donors (Lipinski definition) is 0. The zero-order valence-corrected chi connectivity index (χ0v) is 20.9. The van der Waals surface area contributed by atoms with Crippen molar-refractivity contribution in [1.29, 1.82) is 0 Å². The molecule has 3 aromatic heterocycles. The summed E-state index contributed by atoms with van der Waals surface area (Å²) in [7, 11) is 0. The number of fused-ring (bicyclic) bond motifs is 1. The van der Waals surface area contributed by atoms with Crippen LogP contribution in [0.15, 0.2) is 22.9 Å². The fourth-order valence-corrected chi connectivity index (χ4v) is 8.28. The molecular weight excluding hydrogens is 474 g/mol. The first kappa shape index (κ1) is 21.8. The largest absolute Gasteiger partial charge is 0.203 e. The van der Waals surface area contributed by atoms with Gasteiger partial charge in [-0.3, -0.25) is 0 Å². The molecule has 4 aromatic rings. The summed E-state index contributed by atoms with van der Waals surface area (Å²) in [5.41, 5.74) is 4.03. The van der Waals surface area contributed by atoms with Crippen molar-refractivity contribution in [1.82, 2.24) is 8.75 Å². The molecule has 0 aliphatic heterocycles. The summed E-state index contributed by atoms with van der Waals surface area (Å²) in [6, 6.07) is 4.12. The van der Waals surface area contributed by atoms with Crippen LogP contribution in [0.5, 0.6) is 0 Å². The normalized spacial score (nSPS) is 18.4. The summed E-state index contributed by atoms with van der Waals surface area (Å²) in [6.07, 6.45) is 12.3. The maximum absolute atomic E-state index is 15.6. The highest BCUT2D eigenvalue weighted by atomic mass is 32.1. The van der Waals surface area contributed by atoms with Crippen molar-refractivity contribution in [2.24, 2.45) is 0 Å². The highest BCUT2D eigenvalue weighted by Crippen LogP contribution is 2.45. The lowest BCUT2D eigenvalue weighted by atomic mass is 9.85. The molecule has 2 fully saturated rings. The van der Waals surface area contributed by atoms with Crippen molar-refractivity contribution >= 4 is 45.4 Å². The Bertz CT molecular complexity index is 1180. The van der Waals surface area contributed by atoms with Gasteiger partial charge in [-0.05, 0) is 71.5 Å². The molecule has 2 aliphatic rings. The molecule has 2 nitrogen and oxygen atoms in total. The van der Waals surface area contributed by atoms with Gasteiger partial charge in [-0.25, -0.2) is 8.78 Å². The van der Waals surface area contributed by atoms with Gasteiger partial charge >= 0.3 is 0 Å². The molecule has 0 radical (unpaired) electrons. The molecule has 7 heteroatoms. The van der Waals surface area contributed by atoms with Crippen LogP contribution in [-0.4, -0.2) is 8.75 Å². The van der Waals surface area contributed by atoms with Crippen LogP contribution < -0.4 is 0 Å². The van der Waals surface area contributed by atoms with Gasteiger partial charge in [-0.1, -0.05) is 38.5 Å². The lowest BCUT2D eigenvalue weighted by Gasteiger charge is -2.20. The average Bonchev–Trinajstić information content (AvgIpc) is 3.63. The van der Waals surface area contributed by atoms with Crippen molar-refractivity contribution < 1.29 is 8.78 Å². The topological polar surface area (TPSA) is 25.8 Å². The molecule has 1 aromatic carbocycles. The molecule has 0 atom stereocenters. The van der Waals surface area contributed by atoms with Gasteiger partial charge < -0.3 is 0 Å². The molecule has 0 N–H and O–H groups in total. The monoisotopic (exact) mass is 500 g/mol. The third-order valence-corrected chi connectivity index (χ3v) is 9.94. The van der Waals surface area contributed by atoms with E-state index in [1.807, 2.05) is 0 Å². The Morgan fingerprint density at radius 3 is 1.48 bits per heavy atom. The molecule has 172 valence electrons. The van der Waals surface area contributed by atoms with Gasteiger partial charge in [0.05, 0.1) is 22.9 Å². The van der Waals surface area contributed by atoms with Crippen LogP contribution in [0, 0.1) is 11.6 Å². The van der Waals surface area contributed by atoms with Gasteiger partial charge in [0.2, 0.25) is 0 Å². The second kappa shape index (κ2) is 9.16. The van der Waals surface area contributed by atoms with Crippen molar-refractivity contribution in [2.45, 2.75) is 76.0 Å². The highest BCUT2D eigenvalue weighted by Gasteiger charge is 2.28. The summed E-state index contributed by atoms with van der Waals surface area (Å²) < 4.78 is 40.1. The van der Waals surface area contributed by atoms with E-state index in [-0.39, 0.29) is 11.1 Å². The maximum atomic E-state index is 15.6. The fourth-order valence-electron chi connectivity index (χ4n) is 5.66. The third kappa shape index (κ3) is 3.96. The maximum Gasteiger partial charge on any atom is 0.170 e. The predicted octanol–water partition coefficient (Wildman–Crippen LogP) is 9.52. The van der Waals surface area contributed by atoms with E-state index in [1.54, 1.807) is 0 Å². The zero-order chi connectivity index (χ0) is 22.4. The summed E-state index contributed by atoms with van der Waals surface area (Å²) >= 11 is 4.02. The molecule has 6 rings (SSSR count). The number of aromatic nitrogens is 2. The van der Waals surface area contributed by atoms with E-state index < -0.39 is 11.6 Å². The second-order valence-corrected chi connectivity index (χ2v) is 11.8. The molecule has 3 heterocycles. The Kier molecular flexibility index (Phi) is 6.05. The van der Waals surface area contributed by atoms with Crippen molar-refractivity contribution in [3.63, 3.8) is 0 Å². The molecule has 0 unspecified atom stereocenters. The summed E-state index contributed by atoms with van der Waals surface area (Å²) in [5.74, 6) is -0.529. The molecule has 2 aliphatic carbocycles. The van der Waals surface area contributed by atoms with Crippen LogP contribution in [0.2, 0.25) is 0 Å². The molecule has 33 heavy (non-hydrogen) atoms. The van der Waals surface area contributed by atoms with Crippen LogP contribution in [0.4, 0.5) is 8.78 Å². The van der Waals surface area contributed by atoms with Crippen molar-refractivity contribution in [3.8, 4) is 20.9 Å². The summed E-state index contributed by atoms with van der Waals surface area (Å²) in [4.78, 5) is 1.51. The Hall–Kier alpha value is -1.70. The predicted molar refractivity (Wildman–Crippen MR) is 136 cm³/mol. The smallest absolute Gasteiger partial charge is 0.170 e. The number of hydrogen-bond acceptors (Lipinski definition) is 5. The summed E-state index contributed by atoms with van der Waals surface area (Å²) in [5, 5.41) is 4.25. The minimum Gasteiger partial charge on any atom is -0.203 e. The third-order valence-electron chi connectivity index (χ3n) is 7.48. The molecule has 0 amide bonds. The first-order valence-electron chi connectivity index (χ1n) is 12.0. The average molecular weight is 501 g/mol. The van der Waals surface area contributed by atoms with Crippen molar-refractivity contribution in [3.05, 3.63) is 45.7 Å². The Balaban J connectivity index is 1.41. The second-order valence-electron chi connectivity index (χ2n) is 9.50. The van der Waals surface area contributed by atoms with Crippen LogP contribution in [0.3, 0.4) is 0 Å². The Labute approximate surface area is 205 Å². The van der Waals surface area contributed by atoms with E-state index in [9.17, 15) is 0 Å². The SMILES string of the molecule is Fc1c(F)c(-c2cc(C3CCCCC3)cs2)c2nsnc2c1-c1cc(C2CCCCC2)cs1. The number of benzene rings is 1. The van der Waals surface area contributed by atoms with E-state index in [1.165, 1.54) is 98.0 Å². The van der Waals surface area contributed by atoms with Gasteiger partial charge in [-0.15, -0.1) is 22.7 Å². The van der Waals surface area contributed by atoms with Gasteiger partial charge in [0, 0.05) is 9.75 Å². The standard InChI is InChI=1S/C26H26F2N2S3/c27-23-21(19-11-17(13-31-19)15-7-3-1-4-8-15)25-26(30-33-29-25)22(24(23)28)20-12-18(14-32-20)16-9-5-2-6-10-16/h11-16H,1-10H2. The minimum atomic E-state index is -0.796. The fraction of sp³-hybridized carbons (Fsp3) is 0.462. The number of rotatable bonds is 4. The Morgan fingerprint density at radius 1 is 0.636 bits per heavy atom. The van der Waals surface area contributed by atoms with Gasteiger partial charge in [0.25, 0.3) is 0 Å². The molecule has 0 saturated heterocycles. The van der Waals surface area contributed by atoms with E-state index in [0.29, 0.717) is 22.9 Å². The molecule has 0 spiro atoms. The van der Waals surface area contributed by atoms with Crippen LogP contribution in [-0.2, 0) is 0 Å². The quantitative estimate of drug-likeness (QED) is 0.279. The summed E-state index contributed by atoms with van der Waals surface area (Å²) in [6.45, 7) is 0. The van der Waals surface area contributed by atoms with Gasteiger partial charge in [-0.2, -0.15) is 8.75 Å². The molecular formula is C26H26F2N2S3. The Morgan fingerprint density at radius 2 is 1.06 bits per heavy atom. The lowest BCUT2D eigenvalue weighted by Crippen LogP contribution is -2.03. The zero-order valence-electron chi connectivity index (χ0n) is 18.4. The molecule has 2 saturated carbocycles. The number of halogens is 2. The number of nitrogens with zero attached hydrogens (tertiary/aromatic N) is 2.